The molecule has 1 aliphatic carbocycles. The fourth-order valence-electron chi connectivity index (χ4n) is 4.92. The van der Waals surface area contributed by atoms with Crippen LogP contribution in [0.3, 0.4) is 0 Å². The number of fused-ring (bicyclic) bond motifs is 1. The van der Waals surface area contributed by atoms with Crippen molar-refractivity contribution in [2.24, 2.45) is 0 Å². The molecule has 2 aromatic carbocycles. The molecule has 12 heteroatoms. The predicted molar refractivity (Wildman–Crippen MR) is 134 cm³/mol. The highest BCUT2D eigenvalue weighted by molar-refractivity contribution is 5.87. The minimum atomic E-state index is -2.35. The van der Waals surface area contributed by atoms with Crippen LogP contribution in [0.15, 0.2) is 36.4 Å². The first kappa shape index (κ1) is 28.2. The lowest BCUT2D eigenvalue weighted by molar-refractivity contribution is -0.196. The largest absolute Gasteiger partial charge is 0.504 e. The summed E-state index contributed by atoms with van der Waals surface area (Å²) in [7, 11) is 2.85. The number of benzene rings is 2. The van der Waals surface area contributed by atoms with E-state index in [4.69, 9.17) is 18.9 Å². The number of methoxy groups -OCH3 is 2. The molecule has 1 saturated carbocycles. The SMILES string of the molecule is COc1cc([C@@H]2Oc3c(OC)cc(/C=C/C(=O)O[C@@H]4C[C@](O)(C(=O)O)C[C@H](O)[C@H]4O)cc3[C@@H]2CO)ccc1O. The maximum Gasteiger partial charge on any atom is 0.335 e. The number of phenolic OH excluding ortho intramolecular Hbond substituents is 1. The Morgan fingerprint density at radius 1 is 1.10 bits per heavy atom. The Kier molecular flexibility index (Phi) is 8.02. The number of hydrogen-bond acceptors (Lipinski definition) is 11. The second kappa shape index (κ2) is 11.1. The van der Waals surface area contributed by atoms with Crippen LogP contribution < -0.4 is 14.2 Å². The third-order valence-corrected chi connectivity index (χ3v) is 7.00. The van der Waals surface area contributed by atoms with Crippen molar-refractivity contribution in [3.8, 4) is 23.0 Å². The minimum absolute atomic E-state index is 0.0444. The molecule has 12 nitrogen and oxygen atoms in total. The van der Waals surface area contributed by atoms with Crippen LogP contribution >= 0.6 is 0 Å². The molecule has 2 aromatic rings. The second-order valence-electron chi connectivity index (χ2n) is 9.51. The average molecular weight is 547 g/mol. The van der Waals surface area contributed by atoms with Crippen molar-refractivity contribution in [2.45, 2.75) is 48.8 Å². The number of hydrogen-bond donors (Lipinski definition) is 6. The van der Waals surface area contributed by atoms with Crippen molar-refractivity contribution in [3.63, 3.8) is 0 Å². The van der Waals surface area contributed by atoms with Crippen LogP contribution in [0.25, 0.3) is 6.08 Å². The molecule has 0 amide bonds. The molecule has 6 N–H and O–H groups in total. The number of carbonyl (C=O) groups excluding carboxylic acids is 1. The van der Waals surface area contributed by atoms with Gasteiger partial charge < -0.3 is 49.6 Å². The van der Waals surface area contributed by atoms with Crippen LogP contribution in [0, 0.1) is 0 Å². The quantitative estimate of drug-likeness (QED) is 0.203. The Balaban J connectivity index is 1.55. The molecular formula is C27H30O12. The van der Waals surface area contributed by atoms with Crippen LogP contribution in [0.4, 0.5) is 0 Å². The van der Waals surface area contributed by atoms with Crippen LogP contribution in [0.5, 0.6) is 23.0 Å². The molecular weight excluding hydrogens is 516 g/mol. The standard InChI is InChI=1S/C27H30O12/c1-36-19-9-14(4-5-17(19)29)24-16(12-28)15-7-13(8-20(37-2)25(15)39-24)3-6-22(31)38-21-11-27(35,26(33)34)10-18(30)23(21)32/h3-9,16,18,21,23-24,28-30,32,35H,10-12H2,1-2H3,(H,33,34)/b6-3+/t16-,18-,21+,23+,24-,27-/m0/s1. The van der Waals surface area contributed by atoms with Crippen molar-refractivity contribution < 1.29 is 59.2 Å². The molecule has 210 valence electrons. The number of esters is 1. The monoisotopic (exact) mass is 546 g/mol. The van der Waals surface area contributed by atoms with E-state index in [9.17, 15) is 40.2 Å². The Morgan fingerprint density at radius 3 is 2.46 bits per heavy atom. The average Bonchev–Trinajstić information content (AvgIpc) is 3.28. The van der Waals surface area contributed by atoms with E-state index in [-0.39, 0.29) is 18.1 Å². The van der Waals surface area contributed by atoms with Gasteiger partial charge in [0.1, 0.15) is 18.3 Å². The highest BCUT2D eigenvalue weighted by Crippen LogP contribution is 2.51. The first-order valence-corrected chi connectivity index (χ1v) is 12.1. The molecule has 1 heterocycles. The van der Waals surface area contributed by atoms with Crippen molar-refractivity contribution in [2.75, 3.05) is 20.8 Å². The van der Waals surface area contributed by atoms with E-state index in [2.05, 4.69) is 0 Å². The van der Waals surface area contributed by atoms with Gasteiger partial charge >= 0.3 is 11.9 Å². The summed E-state index contributed by atoms with van der Waals surface area (Å²) in [6.45, 7) is -0.284. The van der Waals surface area contributed by atoms with Gasteiger partial charge in [-0.15, -0.1) is 0 Å². The van der Waals surface area contributed by atoms with Crippen molar-refractivity contribution in [1.82, 2.24) is 0 Å². The summed E-state index contributed by atoms with van der Waals surface area (Å²) < 4.78 is 21.9. The van der Waals surface area contributed by atoms with Gasteiger partial charge in [0.25, 0.3) is 0 Å². The second-order valence-corrected chi connectivity index (χ2v) is 9.51. The molecule has 2 aliphatic rings. The van der Waals surface area contributed by atoms with E-state index >= 15 is 0 Å². The van der Waals surface area contributed by atoms with Crippen molar-refractivity contribution >= 4 is 18.0 Å². The normalized spacial score (nSPS) is 28.0. The number of rotatable bonds is 8. The van der Waals surface area contributed by atoms with Crippen molar-refractivity contribution in [1.29, 1.82) is 0 Å². The number of aliphatic hydroxyl groups is 4. The Hall–Kier alpha value is -3.84. The molecule has 4 rings (SSSR count). The molecule has 39 heavy (non-hydrogen) atoms. The maximum absolute atomic E-state index is 12.5. The number of phenols is 1. The molecule has 0 aromatic heterocycles. The Morgan fingerprint density at radius 2 is 1.82 bits per heavy atom. The molecule has 1 fully saturated rings. The Labute approximate surface area is 223 Å². The van der Waals surface area contributed by atoms with Gasteiger partial charge in [0.15, 0.2) is 28.6 Å². The number of aliphatic hydroxyl groups excluding tert-OH is 3. The third kappa shape index (κ3) is 5.50. The third-order valence-electron chi connectivity index (χ3n) is 7.00. The fraction of sp³-hybridized carbons (Fsp3) is 0.407. The van der Waals surface area contributed by atoms with Gasteiger partial charge in [-0.05, 0) is 41.5 Å². The number of carbonyl (C=O) groups is 2. The molecule has 1 aliphatic heterocycles. The van der Waals surface area contributed by atoms with Gasteiger partial charge in [0.2, 0.25) is 0 Å². The van der Waals surface area contributed by atoms with Crippen LogP contribution in [0.1, 0.15) is 41.6 Å². The molecule has 0 saturated heterocycles. The lowest BCUT2D eigenvalue weighted by Crippen LogP contribution is -2.57. The molecule has 0 radical (unpaired) electrons. The van der Waals surface area contributed by atoms with Crippen LogP contribution in [-0.4, -0.2) is 87.3 Å². The lowest BCUT2D eigenvalue weighted by Gasteiger charge is -2.39. The van der Waals surface area contributed by atoms with Gasteiger partial charge in [0, 0.05) is 24.5 Å². The number of carboxylic acids is 1. The van der Waals surface area contributed by atoms with Crippen LogP contribution in [0.2, 0.25) is 0 Å². The lowest BCUT2D eigenvalue weighted by atomic mass is 9.79. The van der Waals surface area contributed by atoms with E-state index in [0.717, 1.165) is 6.08 Å². The number of carboxylic acid groups (broad SMARTS) is 1. The number of aliphatic carboxylic acids is 1. The zero-order valence-corrected chi connectivity index (χ0v) is 21.2. The summed E-state index contributed by atoms with van der Waals surface area (Å²) in [6, 6.07) is 8.02. The van der Waals surface area contributed by atoms with E-state index in [1.165, 1.54) is 26.4 Å². The van der Waals surface area contributed by atoms with E-state index in [1.807, 2.05) is 0 Å². The summed E-state index contributed by atoms with van der Waals surface area (Å²) in [5.41, 5.74) is -0.603. The van der Waals surface area contributed by atoms with Gasteiger partial charge in [-0.2, -0.15) is 0 Å². The highest BCUT2D eigenvalue weighted by atomic mass is 16.6. The Bertz CT molecular complexity index is 1270. The van der Waals surface area contributed by atoms with E-state index in [1.54, 1.807) is 24.3 Å². The predicted octanol–water partition coefficient (Wildman–Crippen LogP) is 0.875. The molecule has 0 bridgehead atoms. The highest BCUT2D eigenvalue weighted by Gasteiger charge is 2.50. The summed E-state index contributed by atoms with van der Waals surface area (Å²) in [6.07, 6.45) is -3.99. The number of aromatic hydroxyl groups is 1. The summed E-state index contributed by atoms with van der Waals surface area (Å²) >= 11 is 0. The summed E-state index contributed by atoms with van der Waals surface area (Å²) in [5, 5.41) is 59.7. The molecule has 0 spiro atoms. The van der Waals surface area contributed by atoms with Gasteiger partial charge in [0.05, 0.1) is 32.8 Å². The van der Waals surface area contributed by atoms with E-state index < -0.39 is 60.7 Å². The smallest absolute Gasteiger partial charge is 0.335 e. The van der Waals surface area contributed by atoms with Crippen LogP contribution in [-0.2, 0) is 14.3 Å². The minimum Gasteiger partial charge on any atom is -0.504 e. The maximum atomic E-state index is 12.5. The van der Waals surface area contributed by atoms with Gasteiger partial charge in [-0.25, -0.2) is 9.59 Å². The van der Waals surface area contributed by atoms with Gasteiger partial charge in [-0.3, -0.25) is 0 Å². The zero-order chi connectivity index (χ0) is 28.5. The first-order valence-electron chi connectivity index (χ1n) is 12.1. The first-order chi connectivity index (χ1) is 18.5. The molecule has 0 unspecified atom stereocenters. The topological polar surface area (TPSA) is 192 Å². The molecule has 6 atom stereocenters. The zero-order valence-electron chi connectivity index (χ0n) is 21.2. The van der Waals surface area contributed by atoms with Gasteiger partial charge in [-0.1, -0.05) is 6.07 Å². The number of ether oxygens (including phenoxy) is 4. The van der Waals surface area contributed by atoms with E-state index in [0.29, 0.717) is 28.2 Å². The van der Waals surface area contributed by atoms with Crippen molar-refractivity contribution in [3.05, 3.63) is 53.1 Å². The fourth-order valence-corrected chi connectivity index (χ4v) is 4.92. The summed E-state index contributed by atoms with van der Waals surface area (Å²) in [5.74, 6) is -2.11. The summed E-state index contributed by atoms with van der Waals surface area (Å²) in [4.78, 5) is 23.9.